The van der Waals surface area contributed by atoms with Crippen LogP contribution in [0.5, 0.6) is 0 Å². The van der Waals surface area contributed by atoms with Crippen molar-refractivity contribution in [3.8, 4) is 0 Å². The fourth-order valence-corrected chi connectivity index (χ4v) is 1.82. The summed E-state index contributed by atoms with van der Waals surface area (Å²) >= 11 is 3.37. The lowest BCUT2D eigenvalue weighted by molar-refractivity contribution is -0.161. The molecule has 1 unspecified atom stereocenters. The predicted octanol–water partition coefficient (Wildman–Crippen LogP) is 2.19. The molecular weight excluding hydrogens is 286 g/mol. The smallest absolute Gasteiger partial charge is 0.253 e. The number of nitrogens with one attached hydrogen (secondary N) is 1. The lowest BCUT2D eigenvalue weighted by atomic mass is 10.2. The van der Waals surface area contributed by atoms with Crippen LogP contribution in [-0.2, 0) is 14.3 Å². The summed E-state index contributed by atoms with van der Waals surface area (Å²) in [5.41, 5.74) is 0.748. The largest absolute Gasteiger partial charge is 0.376 e. The Morgan fingerprint density at radius 2 is 2.24 bits per heavy atom. The molecule has 1 aromatic carbocycles. The number of halogens is 1. The van der Waals surface area contributed by atoms with E-state index in [2.05, 4.69) is 21.2 Å². The number of benzene rings is 1. The molecule has 0 saturated carbocycles. The van der Waals surface area contributed by atoms with Crippen LogP contribution in [0, 0.1) is 0 Å². The Bertz CT molecular complexity index is 406. The van der Waals surface area contributed by atoms with E-state index in [1.165, 1.54) is 0 Å². The summed E-state index contributed by atoms with van der Waals surface area (Å²) in [4.78, 5) is 11.8. The second-order valence-corrected chi connectivity index (χ2v) is 4.76. The quantitative estimate of drug-likeness (QED) is 0.927. The first kappa shape index (κ1) is 12.5. The predicted molar refractivity (Wildman–Crippen MR) is 67.9 cm³/mol. The minimum Gasteiger partial charge on any atom is -0.376 e. The fourth-order valence-electron chi connectivity index (χ4n) is 1.44. The van der Waals surface area contributed by atoms with Gasteiger partial charge in [-0.3, -0.25) is 4.79 Å². The van der Waals surface area contributed by atoms with E-state index in [0.29, 0.717) is 13.2 Å². The van der Waals surface area contributed by atoms with Gasteiger partial charge in [-0.1, -0.05) is 12.1 Å². The molecule has 5 heteroatoms. The van der Waals surface area contributed by atoms with Crippen molar-refractivity contribution in [3.63, 3.8) is 0 Å². The molecule has 0 aromatic heterocycles. The number of para-hydroxylation sites is 1. The van der Waals surface area contributed by atoms with Crippen LogP contribution in [0.4, 0.5) is 5.69 Å². The Hall–Kier alpha value is -0.910. The molecule has 1 atom stereocenters. The van der Waals surface area contributed by atoms with Crippen molar-refractivity contribution in [1.29, 1.82) is 0 Å². The molecule has 0 aliphatic carbocycles. The van der Waals surface area contributed by atoms with E-state index in [1.54, 1.807) is 6.92 Å². The Morgan fingerprint density at radius 3 is 2.82 bits per heavy atom. The minimum atomic E-state index is -0.476. The molecule has 0 radical (unpaired) electrons. The van der Waals surface area contributed by atoms with Gasteiger partial charge in [0.15, 0.2) is 0 Å². The highest BCUT2D eigenvalue weighted by molar-refractivity contribution is 9.10. The van der Waals surface area contributed by atoms with Crippen molar-refractivity contribution in [2.75, 3.05) is 18.5 Å². The maximum absolute atomic E-state index is 11.8. The van der Waals surface area contributed by atoms with Crippen LogP contribution in [0.15, 0.2) is 28.7 Å². The average Bonchev–Trinajstić information content (AvgIpc) is 2.26. The molecule has 1 amide bonds. The zero-order valence-corrected chi connectivity index (χ0v) is 11.1. The van der Waals surface area contributed by atoms with Crippen LogP contribution >= 0.6 is 15.9 Å². The zero-order valence-electron chi connectivity index (χ0n) is 9.48. The number of carbonyl (C=O) groups excluding carboxylic acids is 1. The van der Waals surface area contributed by atoms with Gasteiger partial charge in [0.2, 0.25) is 0 Å². The molecule has 0 spiro atoms. The van der Waals surface area contributed by atoms with E-state index in [0.717, 1.165) is 10.2 Å². The van der Waals surface area contributed by atoms with Gasteiger partial charge < -0.3 is 14.8 Å². The first-order valence-electron chi connectivity index (χ1n) is 5.45. The summed E-state index contributed by atoms with van der Waals surface area (Å²) < 4.78 is 11.4. The Balaban J connectivity index is 1.89. The molecule has 1 N–H and O–H groups in total. The van der Waals surface area contributed by atoms with E-state index in [1.807, 2.05) is 24.3 Å². The van der Waals surface area contributed by atoms with Crippen LogP contribution in [0.25, 0.3) is 0 Å². The number of anilines is 1. The van der Waals surface area contributed by atoms with Crippen LogP contribution < -0.4 is 5.32 Å². The van der Waals surface area contributed by atoms with Crippen LogP contribution in [-0.4, -0.2) is 31.3 Å². The van der Waals surface area contributed by atoms with Crippen LogP contribution in [0.3, 0.4) is 0 Å². The van der Waals surface area contributed by atoms with Gasteiger partial charge in [-0.05, 0) is 35.0 Å². The van der Waals surface area contributed by atoms with Crippen molar-refractivity contribution >= 4 is 27.5 Å². The third-order valence-electron chi connectivity index (χ3n) is 2.51. The van der Waals surface area contributed by atoms with Crippen molar-refractivity contribution < 1.29 is 14.3 Å². The summed E-state index contributed by atoms with van der Waals surface area (Å²) in [5.74, 6) is -0.149. The first-order chi connectivity index (χ1) is 8.16. The monoisotopic (exact) mass is 299 g/mol. The van der Waals surface area contributed by atoms with E-state index >= 15 is 0 Å². The maximum atomic E-state index is 11.8. The van der Waals surface area contributed by atoms with Crippen LogP contribution in [0.1, 0.15) is 6.92 Å². The van der Waals surface area contributed by atoms with Crippen molar-refractivity contribution in [2.45, 2.75) is 19.1 Å². The second kappa shape index (κ2) is 5.62. The molecule has 1 aliphatic rings. The molecule has 17 heavy (non-hydrogen) atoms. The van der Waals surface area contributed by atoms with Gasteiger partial charge in [0, 0.05) is 4.47 Å². The summed E-state index contributed by atoms with van der Waals surface area (Å²) in [5, 5.41) is 2.81. The Kier molecular flexibility index (Phi) is 4.15. The second-order valence-electron chi connectivity index (χ2n) is 3.91. The SMILES string of the molecule is CC(OC1COC1)C(=O)Nc1ccccc1Br. The van der Waals surface area contributed by atoms with Gasteiger partial charge in [0.05, 0.1) is 18.9 Å². The summed E-state index contributed by atoms with van der Waals surface area (Å²) in [7, 11) is 0. The van der Waals surface area contributed by atoms with Gasteiger partial charge in [-0.2, -0.15) is 0 Å². The fraction of sp³-hybridized carbons (Fsp3) is 0.417. The lowest BCUT2D eigenvalue weighted by Crippen LogP contribution is -2.41. The maximum Gasteiger partial charge on any atom is 0.253 e. The van der Waals surface area contributed by atoms with Gasteiger partial charge in [0.25, 0.3) is 5.91 Å². The summed E-state index contributed by atoms with van der Waals surface area (Å²) in [6, 6.07) is 7.47. The molecule has 1 saturated heterocycles. The average molecular weight is 300 g/mol. The van der Waals surface area contributed by atoms with E-state index in [4.69, 9.17) is 9.47 Å². The zero-order chi connectivity index (χ0) is 12.3. The Morgan fingerprint density at radius 1 is 1.53 bits per heavy atom. The number of carbonyl (C=O) groups is 1. The number of rotatable bonds is 4. The van der Waals surface area contributed by atoms with Crippen molar-refractivity contribution in [1.82, 2.24) is 0 Å². The highest BCUT2D eigenvalue weighted by atomic mass is 79.9. The number of amides is 1. The van der Waals surface area contributed by atoms with Crippen molar-refractivity contribution in [2.24, 2.45) is 0 Å². The molecule has 1 aromatic rings. The standard InChI is InChI=1S/C12H14BrNO3/c1-8(17-9-6-16-7-9)12(15)14-11-5-3-2-4-10(11)13/h2-5,8-9H,6-7H2,1H3,(H,14,15). The molecule has 1 aliphatic heterocycles. The van der Waals surface area contributed by atoms with Gasteiger partial charge in [-0.15, -0.1) is 0 Å². The molecular formula is C12H14BrNO3. The molecule has 0 bridgehead atoms. The molecule has 92 valence electrons. The Labute approximate surface area is 108 Å². The number of ether oxygens (including phenoxy) is 2. The summed E-state index contributed by atoms with van der Waals surface area (Å²) in [6.07, 6.45) is -0.425. The number of hydrogen-bond donors (Lipinski definition) is 1. The third kappa shape index (κ3) is 3.28. The van der Waals surface area contributed by atoms with Gasteiger partial charge >= 0.3 is 0 Å². The normalized spacial score (nSPS) is 17.3. The van der Waals surface area contributed by atoms with Crippen LogP contribution in [0.2, 0.25) is 0 Å². The highest BCUT2D eigenvalue weighted by Crippen LogP contribution is 2.21. The van der Waals surface area contributed by atoms with Gasteiger partial charge in [-0.25, -0.2) is 0 Å². The lowest BCUT2D eigenvalue weighted by Gasteiger charge is -2.28. The van der Waals surface area contributed by atoms with Gasteiger partial charge in [0.1, 0.15) is 12.2 Å². The first-order valence-corrected chi connectivity index (χ1v) is 6.24. The van der Waals surface area contributed by atoms with E-state index in [9.17, 15) is 4.79 Å². The van der Waals surface area contributed by atoms with E-state index in [-0.39, 0.29) is 12.0 Å². The minimum absolute atomic E-state index is 0.0509. The molecule has 4 nitrogen and oxygen atoms in total. The summed E-state index contributed by atoms with van der Waals surface area (Å²) in [6.45, 7) is 2.89. The molecule has 2 rings (SSSR count). The topological polar surface area (TPSA) is 47.6 Å². The molecule has 1 heterocycles. The third-order valence-corrected chi connectivity index (χ3v) is 3.20. The van der Waals surface area contributed by atoms with Crippen molar-refractivity contribution in [3.05, 3.63) is 28.7 Å². The molecule has 1 fully saturated rings. The number of hydrogen-bond acceptors (Lipinski definition) is 3. The highest BCUT2D eigenvalue weighted by Gasteiger charge is 2.25. The van der Waals surface area contributed by atoms with E-state index < -0.39 is 6.10 Å².